The Morgan fingerprint density at radius 1 is 1.09 bits per heavy atom. The molecule has 2 N–H and O–H groups in total. The van der Waals surface area contributed by atoms with Gasteiger partial charge < -0.3 is 15.0 Å². The lowest BCUT2D eigenvalue weighted by Gasteiger charge is -2.37. The van der Waals surface area contributed by atoms with Crippen LogP contribution in [0.15, 0.2) is 48.9 Å². The largest absolute Gasteiger partial charge is 0.466 e. The van der Waals surface area contributed by atoms with E-state index in [1.54, 1.807) is 6.20 Å². The SMILES string of the molecule is CCOC(=O)C1(C)CCN(c2ncc(-c3cc(-c4ccccn4)c4sc(NC(=O)NCCCC5CC5)nc4c3)cn2)CC1. The Labute approximate surface area is 255 Å². The van der Waals surface area contributed by atoms with Crippen molar-refractivity contribution in [2.24, 2.45) is 11.3 Å². The summed E-state index contributed by atoms with van der Waals surface area (Å²) >= 11 is 1.44. The van der Waals surface area contributed by atoms with Crippen molar-refractivity contribution >= 4 is 44.6 Å². The van der Waals surface area contributed by atoms with Gasteiger partial charge in [-0.25, -0.2) is 19.7 Å². The number of fused-ring (bicyclic) bond motifs is 1. The number of benzene rings is 1. The van der Waals surface area contributed by atoms with Crippen LogP contribution >= 0.6 is 11.3 Å². The summed E-state index contributed by atoms with van der Waals surface area (Å²) in [5.41, 5.74) is 3.82. The van der Waals surface area contributed by atoms with Crippen LogP contribution in [0.4, 0.5) is 15.9 Å². The summed E-state index contributed by atoms with van der Waals surface area (Å²) in [6, 6.07) is 9.66. The summed E-state index contributed by atoms with van der Waals surface area (Å²) in [6.45, 7) is 6.24. The van der Waals surface area contributed by atoms with Gasteiger partial charge in [0, 0.05) is 49.4 Å². The summed E-state index contributed by atoms with van der Waals surface area (Å²) in [5.74, 6) is 1.37. The van der Waals surface area contributed by atoms with Crippen LogP contribution in [0.25, 0.3) is 32.6 Å². The number of anilines is 2. The van der Waals surface area contributed by atoms with E-state index in [4.69, 9.17) is 9.72 Å². The second-order valence-electron chi connectivity index (χ2n) is 11.6. The average Bonchev–Trinajstić information content (AvgIpc) is 3.77. The number of carbonyl (C=O) groups excluding carboxylic acids is 2. The Morgan fingerprint density at radius 3 is 2.58 bits per heavy atom. The summed E-state index contributed by atoms with van der Waals surface area (Å²) in [5, 5.41) is 6.40. The third-order valence-electron chi connectivity index (χ3n) is 8.31. The van der Waals surface area contributed by atoms with Crippen molar-refractivity contribution in [3.63, 3.8) is 0 Å². The summed E-state index contributed by atoms with van der Waals surface area (Å²) in [4.78, 5) is 45.8. The van der Waals surface area contributed by atoms with Gasteiger partial charge in [0.05, 0.1) is 27.9 Å². The fourth-order valence-electron chi connectivity index (χ4n) is 5.45. The molecular weight excluding hydrogens is 562 g/mol. The molecule has 2 aliphatic rings. The zero-order chi connectivity index (χ0) is 29.8. The maximum absolute atomic E-state index is 12.5. The van der Waals surface area contributed by atoms with Crippen LogP contribution in [0.2, 0.25) is 0 Å². The normalized spacial score (nSPS) is 16.2. The molecule has 0 bridgehead atoms. The number of hydrogen-bond acceptors (Lipinski definition) is 9. The number of piperidine rings is 1. The summed E-state index contributed by atoms with van der Waals surface area (Å²) in [7, 11) is 0. The highest BCUT2D eigenvalue weighted by molar-refractivity contribution is 7.22. The number of rotatable bonds is 10. The van der Waals surface area contributed by atoms with E-state index < -0.39 is 5.41 Å². The van der Waals surface area contributed by atoms with Gasteiger partial charge >= 0.3 is 12.0 Å². The van der Waals surface area contributed by atoms with E-state index in [-0.39, 0.29) is 12.0 Å². The number of nitrogens with zero attached hydrogens (tertiary/aromatic N) is 5. The van der Waals surface area contributed by atoms with Gasteiger partial charge in [-0.2, -0.15) is 0 Å². The molecule has 4 aromatic rings. The van der Waals surface area contributed by atoms with Gasteiger partial charge in [0.25, 0.3) is 0 Å². The Balaban J connectivity index is 1.20. The van der Waals surface area contributed by atoms with E-state index in [1.165, 1.54) is 30.6 Å². The molecule has 0 unspecified atom stereocenters. The van der Waals surface area contributed by atoms with Crippen molar-refractivity contribution in [1.29, 1.82) is 0 Å². The highest BCUT2D eigenvalue weighted by atomic mass is 32.1. The fraction of sp³-hybridized carbons (Fsp3) is 0.438. The van der Waals surface area contributed by atoms with E-state index in [9.17, 15) is 9.59 Å². The van der Waals surface area contributed by atoms with Crippen LogP contribution in [-0.4, -0.2) is 58.2 Å². The molecule has 11 heteroatoms. The molecule has 1 aliphatic heterocycles. The maximum atomic E-state index is 12.5. The predicted octanol–water partition coefficient (Wildman–Crippen LogP) is 6.30. The first kappa shape index (κ1) is 29.0. The minimum Gasteiger partial charge on any atom is -0.466 e. The first-order valence-electron chi connectivity index (χ1n) is 15.1. The molecule has 0 atom stereocenters. The molecule has 0 spiro atoms. The molecule has 1 aromatic carbocycles. The Morgan fingerprint density at radius 2 is 1.88 bits per heavy atom. The smallest absolute Gasteiger partial charge is 0.321 e. The zero-order valence-electron chi connectivity index (χ0n) is 24.6. The van der Waals surface area contributed by atoms with Crippen LogP contribution in [0.1, 0.15) is 52.4 Å². The molecule has 43 heavy (non-hydrogen) atoms. The monoisotopic (exact) mass is 599 g/mol. The minimum absolute atomic E-state index is 0.130. The van der Waals surface area contributed by atoms with Crippen molar-refractivity contribution in [1.82, 2.24) is 25.3 Å². The third-order valence-corrected chi connectivity index (χ3v) is 9.33. The van der Waals surface area contributed by atoms with E-state index in [1.807, 2.05) is 50.5 Å². The highest BCUT2D eigenvalue weighted by Gasteiger charge is 2.38. The van der Waals surface area contributed by atoms with Crippen molar-refractivity contribution in [2.75, 3.05) is 36.5 Å². The first-order valence-corrected chi connectivity index (χ1v) is 15.9. The highest BCUT2D eigenvalue weighted by Crippen LogP contribution is 2.39. The van der Waals surface area contributed by atoms with Crippen LogP contribution < -0.4 is 15.5 Å². The standard InChI is InChI=1S/C32H37N7O3S/c1-3-42-28(40)32(2)11-15-39(16-12-32)29-35-19-23(20-36-29)22-17-24(25-8-4-5-13-33-25)27-26(18-22)37-31(43-27)38-30(41)34-14-6-7-21-9-10-21/h4-5,8,13,17-21H,3,6-7,9-12,14-16H2,1-2H3,(H2,34,37,38,41). The molecule has 224 valence electrons. The second kappa shape index (κ2) is 12.6. The number of ether oxygens (including phenoxy) is 1. The fourth-order valence-corrected chi connectivity index (χ4v) is 6.41. The molecule has 0 radical (unpaired) electrons. The maximum Gasteiger partial charge on any atom is 0.321 e. The molecule has 1 saturated heterocycles. The lowest BCUT2D eigenvalue weighted by molar-refractivity contribution is -0.155. The second-order valence-corrected chi connectivity index (χ2v) is 12.6. The van der Waals surface area contributed by atoms with Crippen molar-refractivity contribution in [2.45, 2.75) is 52.4 Å². The molecule has 6 rings (SSSR count). The molecular formula is C32H37N7O3S. The van der Waals surface area contributed by atoms with Crippen LogP contribution in [0.5, 0.6) is 0 Å². The number of carbonyl (C=O) groups is 2. The van der Waals surface area contributed by atoms with Gasteiger partial charge in [0.1, 0.15) is 0 Å². The van der Waals surface area contributed by atoms with E-state index >= 15 is 0 Å². The number of thiazole rings is 1. The number of amides is 2. The van der Waals surface area contributed by atoms with Crippen molar-refractivity contribution in [3.8, 4) is 22.4 Å². The number of nitrogens with one attached hydrogen (secondary N) is 2. The van der Waals surface area contributed by atoms with E-state index in [2.05, 4.69) is 36.6 Å². The van der Waals surface area contributed by atoms with Gasteiger partial charge in [-0.05, 0) is 75.3 Å². The van der Waals surface area contributed by atoms with Crippen LogP contribution in [-0.2, 0) is 9.53 Å². The van der Waals surface area contributed by atoms with Gasteiger partial charge in [0.2, 0.25) is 5.95 Å². The molecule has 3 aromatic heterocycles. The first-order chi connectivity index (χ1) is 20.9. The number of aromatic nitrogens is 4. The summed E-state index contributed by atoms with van der Waals surface area (Å²) in [6.07, 6.45) is 11.6. The van der Waals surface area contributed by atoms with Crippen LogP contribution in [0, 0.1) is 11.3 Å². The Hall–Kier alpha value is -4.12. The van der Waals surface area contributed by atoms with Gasteiger partial charge in [0.15, 0.2) is 5.13 Å². The van der Waals surface area contributed by atoms with Gasteiger partial charge in [-0.3, -0.25) is 15.1 Å². The van der Waals surface area contributed by atoms with Gasteiger partial charge in [-0.15, -0.1) is 0 Å². The molecule has 2 amide bonds. The number of pyridine rings is 1. The average molecular weight is 600 g/mol. The zero-order valence-corrected chi connectivity index (χ0v) is 25.5. The molecule has 1 aliphatic carbocycles. The van der Waals surface area contributed by atoms with Crippen molar-refractivity contribution in [3.05, 3.63) is 48.9 Å². The topological polar surface area (TPSA) is 122 Å². The quantitative estimate of drug-likeness (QED) is 0.161. The molecule has 4 heterocycles. The number of hydrogen-bond donors (Lipinski definition) is 2. The lowest BCUT2D eigenvalue weighted by Crippen LogP contribution is -2.44. The summed E-state index contributed by atoms with van der Waals surface area (Å²) < 4.78 is 6.24. The lowest BCUT2D eigenvalue weighted by atomic mass is 9.80. The predicted molar refractivity (Wildman–Crippen MR) is 169 cm³/mol. The van der Waals surface area contributed by atoms with Crippen LogP contribution in [0.3, 0.4) is 0 Å². The molecule has 1 saturated carbocycles. The van der Waals surface area contributed by atoms with Gasteiger partial charge in [-0.1, -0.05) is 30.2 Å². The number of esters is 1. The number of urea groups is 1. The Kier molecular flexibility index (Phi) is 8.51. The van der Waals surface area contributed by atoms with Crippen molar-refractivity contribution < 1.29 is 14.3 Å². The minimum atomic E-state index is -0.471. The third kappa shape index (κ3) is 6.77. The Bertz CT molecular complexity index is 1580. The molecule has 10 nitrogen and oxygen atoms in total. The van der Waals surface area contributed by atoms with E-state index in [0.29, 0.717) is 50.2 Å². The van der Waals surface area contributed by atoms with E-state index in [0.717, 1.165) is 44.9 Å². The molecule has 2 fully saturated rings.